The third kappa shape index (κ3) is 3.00. The van der Waals surface area contributed by atoms with Gasteiger partial charge in [0, 0.05) is 0 Å². The van der Waals surface area contributed by atoms with Gasteiger partial charge in [-0.3, -0.25) is 0 Å². The summed E-state index contributed by atoms with van der Waals surface area (Å²) >= 11 is 0. The van der Waals surface area contributed by atoms with E-state index >= 15 is 0 Å². The van der Waals surface area contributed by atoms with E-state index in [1.54, 1.807) is 0 Å². The lowest BCUT2D eigenvalue weighted by Gasteiger charge is -2.08. The van der Waals surface area contributed by atoms with E-state index < -0.39 is 0 Å². The lowest BCUT2D eigenvalue weighted by atomic mass is 10.1. The molecular weight excluding hydrogens is 210 g/mol. The zero-order valence-corrected chi connectivity index (χ0v) is 10.0. The van der Waals surface area contributed by atoms with Crippen LogP contribution in [0.5, 0.6) is 5.75 Å². The van der Waals surface area contributed by atoms with Crippen molar-refractivity contribution < 1.29 is 4.74 Å². The molecule has 2 heteroatoms. The van der Waals surface area contributed by atoms with Crippen LogP contribution < -0.4 is 10.5 Å². The van der Waals surface area contributed by atoms with Crippen LogP contribution in [-0.4, -0.2) is 0 Å². The van der Waals surface area contributed by atoms with Crippen molar-refractivity contribution in [3.8, 4) is 5.75 Å². The number of para-hydroxylation sites is 2. The topological polar surface area (TPSA) is 35.2 Å². The third-order valence-electron chi connectivity index (χ3n) is 2.74. The van der Waals surface area contributed by atoms with Gasteiger partial charge in [0.05, 0.1) is 5.69 Å². The van der Waals surface area contributed by atoms with Crippen LogP contribution in [0.2, 0.25) is 0 Å². The average molecular weight is 227 g/mol. The molecule has 0 amide bonds. The van der Waals surface area contributed by atoms with Crippen molar-refractivity contribution in [2.24, 2.45) is 0 Å². The quantitative estimate of drug-likeness (QED) is 0.812. The van der Waals surface area contributed by atoms with Gasteiger partial charge in [-0.25, -0.2) is 0 Å². The lowest BCUT2D eigenvalue weighted by Crippen LogP contribution is -1.98. The fourth-order valence-corrected chi connectivity index (χ4v) is 1.64. The maximum absolute atomic E-state index is 5.81. The zero-order valence-electron chi connectivity index (χ0n) is 10.0. The normalized spacial score (nSPS) is 10.2. The SMILES string of the molecule is CCc1ccc(COc2ccccc2N)cc1. The maximum atomic E-state index is 5.81. The van der Waals surface area contributed by atoms with Gasteiger partial charge in [0.1, 0.15) is 12.4 Å². The Morgan fingerprint density at radius 3 is 2.24 bits per heavy atom. The highest BCUT2D eigenvalue weighted by Gasteiger charge is 1.99. The predicted octanol–water partition coefficient (Wildman–Crippen LogP) is 3.41. The Labute approximate surface area is 102 Å². The zero-order chi connectivity index (χ0) is 12.1. The fourth-order valence-electron chi connectivity index (χ4n) is 1.64. The van der Waals surface area contributed by atoms with E-state index in [1.165, 1.54) is 5.56 Å². The Morgan fingerprint density at radius 1 is 0.941 bits per heavy atom. The van der Waals surface area contributed by atoms with Gasteiger partial charge in [-0.1, -0.05) is 43.3 Å². The van der Waals surface area contributed by atoms with E-state index in [9.17, 15) is 0 Å². The number of hydrogen-bond acceptors (Lipinski definition) is 2. The van der Waals surface area contributed by atoms with E-state index in [-0.39, 0.29) is 0 Å². The van der Waals surface area contributed by atoms with Gasteiger partial charge < -0.3 is 10.5 Å². The molecule has 17 heavy (non-hydrogen) atoms. The number of nitrogens with two attached hydrogens (primary N) is 1. The van der Waals surface area contributed by atoms with Gasteiger partial charge in [0.2, 0.25) is 0 Å². The Bertz CT molecular complexity index is 477. The number of hydrogen-bond donors (Lipinski definition) is 1. The van der Waals surface area contributed by atoms with Crippen LogP contribution in [0.4, 0.5) is 5.69 Å². The molecule has 0 saturated carbocycles. The second kappa shape index (κ2) is 5.39. The molecule has 2 aromatic carbocycles. The van der Waals surface area contributed by atoms with Gasteiger partial charge >= 0.3 is 0 Å². The third-order valence-corrected chi connectivity index (χ3v) is 2.74. The van der Waals surface area contributed by atoms with E-state index in [0.717, 1.165) is 17.7 Å². The second-order valence-electron chi connectivity index (χ2n) is 4.00. The standard InChI is InChI=1S/C15H17NO/c1-2-12-7-9-13(10-8-12)11-17-15-6-4-3-5-14(15)16/h3-10H,2,11,16H2,1H3. The first-order chi connectivity index (χ1) is 8.29. The number of aryl methyl sites for hydroxylation is 1. The molecule has 0 aliphatic heterocycles. The largest absolute Gasteiger partial charge is 0.487 e. The van der Waals surface area contributed by atoms with Crippen LogP contribution >= 0.6 is 0 Å². The predicted molar refractivity (Wildman–Crippen MR) is 71.0 cm³/mol. The van der Waals surface area contributed by atoms with Crippen LogP contribution in [0.15, 0.2) is 48.5 Å². The minimum atomic E-state index is 0.554. The Morgan fingerprint density at radius 2 is 1.59 bits per heavy atom. The number of benzene rings is 2. The molecule has 0 saturated heterocycles. The molecule has 0 aromatic heterocycles. The molecule has 0 bridgehead atoms. The number of rotatable bonds is 4. The summed E-state index contributed by atoms with van der Waals surface area (Å²) in [6.07, 6.45) is 1.06. The van der Waals surface area contributed by atoms with Crippen LogP contribution in [-0.2, 0) is 13.0 Å². The summed E-state index contributed by atoms with van der Waals surface area (Å²) in [6, 6.07) is 16.0. The van der Waals surface area contributed by atoms with Crippen LogP contribution in [0, 0.1) is 0 Å². The minimum absolute atomic E-state index is 0.554. The maximum Gasteiger partial charge on any atom is 0.142 e. The molecule has 0 heterocycles. The van der Waals surface area contributed by atoms with E-state index in [2.05, 4.69) is 31.2 Å². The molecule has 0 unspecified atom stereocenters. The van der Waals surface area contributed by atoms with Crippen molar-refractivity contribution in [2.45, 2.75) is 20.0 Å². The van der Waals surface area contributed by atoms with E-state index in [4.69, 9.17) is 10.5 Å². The van der Waals surface area contributed by atoms with Crippen molar-refractivity contribution in [2.75, 3.05) is 5.73 Å². The Balaban J connectivity index is 2.00. The summed E-state index contributed by atoms with van der Waals surface area (Å²) < 4.78 is 5.67. The van der Waals surface area contributed by atoms with Crippen molar-refractivity contribution >= 4 is 5.69 Å². The molecule has 2 N–H and O–H groups in total. The van der Waals surface area contributed by atoms with Gasteiger partial charge in [0.25, 0.3) is 0 Å². The van der Waals surface area contributed by atoms with E-state index in [1.807, 2.05) is 24.3 Å². The molecule has 0 spiro atoms. The van der Waals surface area contributed by atoms with Crippen LogP contribution in [0.25, 0.3) is 0 Å². The highest BCUT2D eigenvalue weighted by atomic mass is 16.5. The molecule has 2 nitrogen and oxygen atoms in total. The van der Waals surface area contributed by atoms with Crippen LogP contribution in [0.3, 0.4) is 0 Å². The lowest BCUT2D eigenvalue weighted by molar-refractivity contribution is 0.308. The molecule has 0 atom stereocenters. The highest BCUT2D eigenvalue weighted by Crippen LogP contribution is 2.21. The second-order valence-corrected chi connectivity index (χ2v) is 4.00. The summed E-state index contributed by atoms with van der Waals surface area (Å²) in [6.45, 7) is 2.70. The number of anilines is 1. The van der Waals surface area contributed by atoms with Crippen molar-refractivity contribution in [3.63, 3.8) is 0 Å². The van der Waals surface area contributed by atoms with Crippen molar-refractivity contribution in [1.82, 2.24) is 0 Å². The monoisotopic (exact) mass is 227 g/mol. The Hall–Kier alpha value is -1.96. The molecular formula is C15H17NO. The number of nitrogen functional groups attached to an aromatic ring is 1. The molecule has 0 aliphatic rings. The highest BCUT2D eigenvalue weighted by molar-refractivity contribution is 5.51. The number of ether oxygens (including phenoxy) is 1. The average Bonchev–Trinajstić information content (AvgIpc) is 2.38. The molecule has 2 rings (SSSR count). The molecule has 0 radical (unpaired) electrons. The van der Waals surface area contributed by atoms with E-state index in [0.29, 0.717) is 12.3 Å². The van der Waals surface area contributed by atoms with Gasteiger partial charge in [-0.05, 0) is 29.7 Å². The van der Waals surface area contributed by atoms with Gasteiger partial charge in [0.15, 0.2) is 0 Å². The Kier molecular flexibility index (Phi) is 3.66. The smallest absolute Gasteiger partial charge is 0.142 e. The first-order valence-corrected chi connectivity index (χ1v) is 5.84. The minimum Gasteiger partial charge on any atom is -0.487 e. The summed E-state index contributed by atoms with van der Waals surface area (Å²) in [5, 5.41) is 0. The van der Waals surface area contributed by atoms with Crippen LogP contribution in [0.1, 0.15) is 18.1 Å². The molecule has 0 fully saturated rings. The first kappa shape index (κ1) is 11.5. The van der Waals surface area contributed by atoms with Gasteiger partial charge in [-0.2, -0.15) is 0 Å². The van der Waals surface area contributed by atoms with Crippen molar-refractivity contribution in [1.29, 1.82) is 0 Å². The summed E-state index contributed by atoms with van der Waals surface area (Å²) in [5.41, 5.74) is 8.98. The van der Waals surface area contributed by atoms with Gasteiger partial charge in [-0.15, -0.1) is 0 Å². The fraction of sp³-hybridized carbons (Fsp3) is 0.200. The summed E-state index contributed by atoms with van der Waals surface area (Å²) in [4.78, 5) is 0. The molecule has 0 aliphatic carbocycles. The van der Waals surface area contributed by atoms with Crippen molar-refractivity contribution in [3.05, 3.63) is 59.7 Å². The first-order valence-electron chi connectivity index (χ1n) is 5.84. The molecule has 88 valence electrons. The summed E-state index contributed by atoms with van der Waals surface area (Å²) in [7, 11) is 0. The summed E-state index contributed by atoms with van der Waals surface area (Å²) in [5.74, 6) is 0.743. The molecule has 2 aromatic rings.